The van der Waals surface area contributed by atoms with Gasteiger partial charge in [-0.05, 0) is 52.0 Å². The molecule has 0 atom stereocenters. The van der Waals surface area contributed by atoms with E-state index < -0.39 is 10.0 Å². The number of ketones is 1. The van der Waals surface area contributed by atoms with Crippen molar-refractivity contribution in [3.05, 3.63) is 65.3 Å². The van der Waals surface area contributed by atoms with E-state index in [1.165, 1.54) is 4.31 Å². The van der Waals surface area contributed by atoms with E-state index in [-0.39, 0.29) is 35.9 Å². The Balaban J connectivity index is 1.75. The molecule has 1 aliphatic rings. The van der Waals surface area contributed by atoms with Gasteiger partial charge in [0.05, 0.1) is 17.3 Å². The van der Waals surface area contributed by atoms with Gasteiger partial charge >= 0.3 is 0 Å². The molecular weight excluding hydrogens is 454 g/mol. The molecule has 0 amide bonds. The molecule has 178 valence electrons. The maximum Gasteiger partial charge on any atom is 0.243 e. The quantitative estimate of drug-likeness (QED) is 0.497. The average Bonchev–Trinajstić information content (AvgIpc) is 3.47. The Kier molecular flexibility index (Phi) is 6.58. The van der Waals surface area contributed by atoms with E-state index >= 15 is 0 Å². The zero-order valence-electron chi connectivity index (χ0n) is 19.5. The van der Waals surface area contributed by atoms with Crippen LogP contribution in [0, 0.1) is 0 Å². The standard InChI is InChI=1S/C23H27N7O3S/c1-16(2)29-14-20(24-26-29)10-18-12-28(34(32,33)22-8-6-5-7-9-22)13-19(23(18)31)11-21-15-30(17(3)4)27-25-21/h5-11,14-17H,12-13H2,1-4H3. The highest BCUT2D eigenvalue weighted by atomic mass is 32.2. The van der Waals surface area contributed by atoms with Gasteiger partial charge in [0, 0.05) is 36.3 Å². The van der Waals surface area contributed by atoms with Crippen LogP contribution in [0.5, 0.6) is 0 Å². The van der Waals surface area contributed by atoms with Gasteiger partial charge in [-0.3, -0.25) is 4.79 Å². The fourth-order valence-electron chi connectivity index (χ4n) is 3.49. The zero-order valence-corrected chi connectivity index (χ0v) is 20.3. The van der Waals surface area contributed by atoms with Crippen LogP contribution >= 0.6 is 0 Å². The fraction of sp³-hybridized carbons (Fsp3) is 0.348. The normalized spacial score (nSPS) is 18.0. The first-order valence-corrected chi connectivity index (χ1v) is 12.4. The summed E-state index contributed by atoms with van der Waals surface area (Å²) in [6, 6.07) is 8.40. The first-order chi connectivity index (χ1) is 16.1. The molecule has 0 spiro atoms. The van der Waals surface area contributed by atoms with E-state index in [0.717, 1.165) is 0 Å². The minimum Gasteiger partial charge on any atom is -0.289 e. The zero-order chi connectivity index (χ0) is 24.5. The maximum atomic E-state index is 13.4. The van der Waals surface area contributed by atoms with Gasteiger partial charge < -0.3 is 0 Å². The van der Waals surface area contributed by atoms with Crippen LogP contribution in [0.15, 0.2) is 58.8 Å². The highest BCUT2D eigenvalue weighted by Crippen LogP contribution is 2.26. The van der Waals surface area contributed by atoms with Crippen molar-refractivity contribution in [3.8, 4) is 0 Å². The van der Waals surface area contributed by atoms with Crippen molar-refractivity contribution in [1.29, 1.82) is 0 Å². The number of hydrogen-bond acceptors (Lipinski definition) is 7. The molecule has 0 radical (unpaired) electrons. The molecule has 1 fully saturated rings. The molecule has 0 unspecified atom stereocenters. The van der Waals surface area contributed by atoms with Gasteiger partial charge in [-0.25, -0.2) is 17.8 Å². The van der Waals surface area contributed by atoms with Crippen molar-refractivity contribution >= 4 is 28.0 Å². The smallest absolute Gasteiger partial charge is 0.243 e. The Bertz CT molecular complexity index is 1280. The van der Waals surface area contributed by atoms with Crippen LogP contribution < -0.4 is 0 Å². The second-order valence-corrected chi connectivity index (χ2v) is 10.6. The number of carbonyl (C=O) groups is 1. The van der Waals surface area contributed by atoms with E-state index in [9.17, 15) is 13.2 Å². The lowest BCUT2D eigenvalue weighted by Gasteiger charge is -2.28. The fourth-order valence-corrected chi connectivity index (χ4v) is 4.91. The number of carbonyl (C=O) groups excluding carboxylic acids is 1. The molecule has 3 heterocycles. The lowest BCUT2D eigenvalue weighted by Crippen LogP contribution is -2.41. The molecular formula is C23H27N7O3S. The molecule has 3 aromatic rings. The highest BCUT2D eigenvalue weighted by molar-refractivity contribution is 7.89. The molecule has 11 heteroatoms. The average molecular weight is 482 g/mol. The number of benzene rings is 1. The van der Waals surface area contributed by atoms with Gasteiger partial charge in [0.2, 0.25) is 10.0 Å². The van der Waals surface area contributed by atoms with Crippen LogP contribution in [0.3, 0.4) is 0 Å². The number of rotatable bonds is 6. The van der Waals surface area contributed by atoms with Gasteiger partial charge in [0.15, 0.2) is 5.78 Å². The summed E-state index contributed by atoms with van der Waals surface area (Å²) in [5, 5.41) is 16.4. The van der Waals surface area contributed by atoms with E-state index in [0.29, 0.717) is 22.5 Å². The number of hydrogen-bond donors (Lipinski definition) is 0. The summed E-state index contributed by atoms with van der Waals surface area (Å²) in [5.74, 6) is -0.252. The van der Waals surface area contributed by atoms with Gasteiger partial charge in [0.1, 0.15) is 11.4 Å². The second-order valence-electron chi connectivity index (χ2n) is 8.69. The predicted octanol–water partition coefficient (Wildman–Crippen LogP) is 2.77. The van der Waals surface area contributed by atoms with Crippen molar-refractivity contribution in [2.24, 2.45) is 0 Å². The summed E-state index contributed by atoms with van der Waals surface area (Å²) < 4.78 is 31.4. The molecule has 34 heavy (non-hydrogen) atoms. The Hall–Kier alpha value is -3.44. The molecule has 0 aliphatic carbocycles. The number of Topliss-reactive ketones (excluding diaryl/α,β-unsaturated/α-hetero) is 1. The Morgan fingerprint density at radius 1 is 0.824 bits per heavy atom. The van der Waals surface area contributed by atoms with Gasteiger partial charge in [-0.2, -0.15) is 4.31 Å². The molecule has 0 bridgehead atoms. The molecule has 4 rings (SSSR count). The van der Waals surface area contributed by atoms with Crippen molar-refractivity contribution in [2.45, 2.75) is 44.7 Å². The molecule has 1 aliphatic heterocycles. The van der Waals surface area contributed by atoms with E-state index in [4.69, 9.17) is 0 Å². The van der Waals surface area contributed by atoms with Gasteiger partial charge in [-0.1, -0.05) is 28.6 Å². The summed E-state index contributed by atoms with van der Waals surface area (Å²) in [7, 11) is -3.84. The monoisotopic (exact) mass is 481 g/mol. The Morgan fingerprint density at radius 2 is 1.29 bits per heavy atom. The number of nitrogens with zero attached hydrogens (tertiary/aromatic N) is 7. The molecule has 0 N–H and O–H groups in total. The van der Waals surface area contributed by atoms with Gasteiger partial charge in [-0.15, -0.1) is 10.2 Å². The van der Waals surface area contributed by atoms with Crippen LogP contribution in [0.25, 0.3) is 12.2 Å². The van der Waals surface area contributed by atoms with Crippen LogP contribution in [-0.4, -0.2) is 61.6 Å². The predicted molar refractivity (Wildman–Crippen MR) is 127 cm³/mol. The van der Waals surface area contributed by atoms with E-state index in [1.54, 1.807) is 64.2 Å². The summed E-state index contributed by atoms with van der Waals surface area (Å²) >= 11 is 0. The summed E-state index contributed by atoms with van der Waals surface area (Å²) in [6.45, 7) is 7.74. The number of aromatic nitrogens is 6. The molecule has 2 aromatic heterocycles. The topological polar surface area (TPSA) is 116 Å². The summed E-state index contributed by atoms with van der Waals surface area (Å²) in [6.07, 6.45) is 6.65. The molecule has 1 saturated heterocycles. The van der Waals surface area contributed by atoms with Crippen molar-refractivity contribution in [1.82, 2.24) is 34.3 Å². The van der Waals surface area contributed by atoms with Crippen LogP contribution in [0.4, 0.5) is 0 Å². The van der Waals surface area contributed by atoms with E-state index in [2.05, 4.69) is 20.6 Å². The number of piperidine rings is 1. The third kappa shape index (κ3) is 4.90. The minimum atomic E-state index is -3.84. The Morgan fingerprint density at radius 3 is 1.71 bits per heavy atom. The molecule has 10 nitrogen and oxygen atoms in total. The van der Waals surface area contributed by atoms with E-state index in [1.807, 2.05) is 27.7 Å². The second kappa shape index (κ2) is 9.43. The van der Waals surface area contributed by atoms with Gasteiger partial charge in [0.25, 0.3) is 0 Å². The van der Waals surface area contributed by atoms with Crippen LogP contribution in [0.2, 0.25) is 0 Å². The third-order valence-corrected chi connectivity index (χ3v) is 7.22. The third-order valence-electron chi connectivity index (χ3n) is 5.42. The van der Waals surface area contributed by atoms with Crippen molar-refractivity contribution < 1.29 is 13.2 Å². The van der Waals surface area contributed by atoms with Crippen molar-refractivity contribution in [3.63, 3.8) is 0 Å². The SMILES string of the molecule is CC(C)n1cc(C=C2CN(S(=O)(=O)c3ccccc3)CC(=Cc3cn(C(C)C)nn3)C2=O)nn1. The maximum absolute atomic E-state index is 13.4. The number of sulfonamides is 1. The molecule has 1 aromatic carbocycles. The lowest BCUT2D eigenvalue weighted by atomic mass is 9.97. The van der Waals surface area contributed by atoms with Crippen LogP contribution in [-0.2, 0) is 14.8 Å². The Labute approximate surface area is 198 Å². The lowest BCUT2D eigenvalue weighted by molar-refractivity contribution is -0.113. The molecule has 0 saturated carbocycles. The first kappa shape index (κ1) is 23.7. The highest BCUT2D eigenvalue weighted by Gasteiger charge is 2.34. The summed E-state index contributed by atoms with van der Waals surface area (Å²) in [4.78, 5) is 13.5. The minimum absolute atomic E-state index is 0.0688. The van der Waals surface area contributed by atoms with Crippen molar-refractivity contribution in [2.75, 3.05) is 13.1 Å². The summed E-state index contributed by atoms with van der Waals surface area (Å²) in [5.41, 5.74) is 1.59. The van der Waals surface area contributed by atoms with Crippen LogP contribution in [0.1, 0.15) is 51.2 Å². The largest absolute Gasteiger partial charge is 0.289 e. The first-order valence-electron chi connectivity index (χ1n) is 11.0.